The van der Waals surface area contributed by atoms with E-state index in [9.17, 15) is 0 Å². The number of hydrogen-bond donors (Lipinski definition) is 1. The normalized spacial score (nSPS) is 39.7. The van der Waals surface area contributed by atoms with E-state index in [-0.39, 0.29) is 0 Å². The molecule has 4 aliphatic carbocycles. The molecule has 19 heavy (non-hydrogen) atoms. The first-order valence-electron chi connectivity index (χ1n) is 7.60. The number of nitrogens with two attached hydrogens (primary N) is 1. The summed E-state index contributed by atoms with van der Waals surface area (Å²) >= 11 is 2.16. The third-order valence-corrected chi connectivity index (χ3v) is 7.13. The van der Waals surface area contributed by atoms with Crippen molar-refractivity contribution >= 4 is 17.6 Å². The Kier molecular flexibility index (Phi) is 2.98. The first kappa shape index (κ1) is 12.1. The van der Waals surface area contributed by atoms with Crippen molar-refractivity contribution < 1.29 is 0 Å². The van der Waals surface area contributed by atoms with E-state index in [1.807, 2.05) is 6.07 Å². The Morgan fingerprint density at radius 3 is 2.42 bits per heavy atom. The molecule has 1 aromatic rings. The number of thioether (sulfide) groups is 1. The van der Waals surface area contributed by atoms with E-state index in [0.717, 1.165) is 40.5 Å². The van der Waals surface area contributed by atoms with Gasteiger partial charge in [0.25, 0.3) is 0 Å². The van der Waals surface area contributed by atoms with Crippen LogP contribution in [0.15, 0.2) is 18.3 Å². The van der Waals surface area contributed by atoms with E-state index in [1.165, 1.54) is 31.2 Å². The molecule has 2 N–H and O–H groups in total. The smallest absolute Gasteiger partial charge is 0.127 e. The molecule has 0 saturated heterocycles. The summed E-state index contributed by atoms with van der Waals surface area (Å²) in [5, 5.41) is 0.896. The molecule has 102 valence electrons. The van der Waals surface area contributed by atoms with Crippen LogP contribution in [0.2, 0.25) is 0 Å². The number of hydrogen-bond acceptors (Lipinski definition) is 3. The van der Waals surface area contributed by atoms with Gasteiger partial charge in [0.05, 0.1) is 0 Å². The highest BCUT2D eigenvalue weighted by Crippen LogP contribution is 2.57. The maximum atomic E-state index is 5.96. The number of nitrogens with zero attached hydrogens (tertiary/aromatic N) is 1. The maximum absolute atomic E-state index is 5.96. The van der Waals surface area contributed by atoms with Crippen LogP contribution >= 0.6 is 11.8 Å². The predicted molar refractivity (Wildman–Crippen MR) is 80.8 cm³/mol. The molecule has 0 spiro atoms. The molecule has 0 aromatic carbocycles. The molecule has 1 heterocycles. The Bertz CT molecular complexity index is 446. The molecule has 1 aromatic heterocycles. The van der Waals surface area contributed by atoms with Crippen LogP contribution in [-0.2, 0) is 5.75 Å². The fourth-order valence-corrected chi connectivity index (χ4v) is 6.51. The van der Waals surface area contributed by atoms with Gasteiger partial charge < -0.3 is 5.73 Å². The van der Waals surface area contributed by atoms with E-state index in [4.69, 9.17) is 5.73 Å². The van der Waals surface area contributed by atoms with Crippen LogP contribution in [0.1, 0.15) is 37.7 Å². The zero-order chi connectivity index (χ0) is 12.8. The predicted octanol–water partition coefficient (Wildman–Crippen LogP) is 3.72. The van der Waals surface area contributed by atoms with Gasteiger partial charge in [-0.2, -0.15) is 11.8 Å². The minimum absolute atomic E-state index is 0.721. The molecule has 4 saturated carbocycles. The van der Waals surface area contributed by atoms with Gasteiger partial charge in [0, 0.05) is 22.8 Å². The molecule has 4 bridgehead atoms. The Morgan fingerprint density at radius 1 is 1.11 bits per heavy atom. The van der Waals surface area contributed by atoms with Crippen LogP contribution in [0, 0.1) is 23.7 Å². The summed E-state index contributed by atoms with van der Waals surface area (Å²) in [5.74, 6) is 5.91. The first-order valence-corrected chi connectivity index (χ1v) is 8.65. The third-order valence-electron chi connectivity index (χ3n) is 5.50. The third kappa shape index (κ3) is 2.16. The van der Waals surface area contributed by atoms with Crippen LogP contribution in [-0.4, -0.2) is 10.2 Å². The maximum Gasteiger partial charge on any atom is 0.127 e. The molecular weight excluding hydrogens is 252 g/mol. The van der Waals surface area contributed by atoms with Gasteiger partial charge in [0.1, 0.15) is 5.82 Å². The second-order valence-corrected chi connectivity index (χ2v) is 7.92. The van der Waals surface area contributed by atoms with E-state index in [0.29, 0.717) is 0 Å². The van der Waals surface area contributed by atoms with Gasteiger partial charge in [0.15, 0.2) is 0 Å². The highest BCUT2D eigenvalue weighted by molar-refractivity contribution is 7.99. The van der Waals surface area contributed by atoms with Gasteiger partial charge >= 0.3 is 0 Å². The SMILES string of the molecule is Nc1ncccc1CSC1C2CC3CC(C2)CC1C3. The van der Waals surface area contributed by atoms with Crippen LogP contribution in [0.4, 0.5) is 5.82 Å². The van der Waals surface area contributed by atoms with Gasteiger partial charge in [-0.25, -0.2) is 4.98 Å². The standard InChI is InChI=1S/C16H22N2S/c17-16-12(2-1-3-18-16)9-19-15-13-5-10-4-11(7-13)8-14(15)6-10/h1-3,10-11,13-15H,4-9H2,(H2,17,18). The topological polar surface area (TPSA) is 38.9 Å². The van der Waals surface area contributed by atoms with Crippen LogP contribution < -0.4 is 5.73 Å². The van der Waals surface area contributed by atoms with E-state index in [2.05, 4.69) is 22.8 Å². The number of anilines is 1. The Labute approximate surface area is 119 Å². The Morgan fingerprint density at radius 2 is 1.79 bits per heavy atom. The number of rotatable bonds is 3. The van der Waals surface area contributed by atoms with Gasteiger partial charge in [-0.3, -0.25) is 0 Å². The van der Waals surface area contributed by atoms with Gasteiger partial charge in [0.2, 0.25) is 0 Å². The summed E-state index contributed by atoms with van der Waals surface area (Å²) in [6.45, 7) is 0. The van der Waals surface area contributed by atoms with Gasteiger partial charge in [-0.05, 0) is 61.8 Å². The highest BCUT2D eigenvalue weighted by Gasteiger charge is 2.48. The summed E-state index contributed by atoms with van der Waals surface area (Å²) in [6.07, 6.45) is 9.35. The van der Waals surface area contributed by atoms with E-state index in [1.54, 1.807) is 12.6 Å². The minimum atomic E-state index is 0.721. The lowest BCUT2D eigenvalue weighted by atomic mass is 9.56. The molecule has 3 heteroatoms. The molecule has 4 aliphatic rings. The molecule has 4 fully saturated rings. The lowest BCUT2D eigenvalue weighted by Crippen LogP contribution is -2.46. The fourth-order valence-electron chi connectivity index (χ4n) is 4.91. The second-order valence-electron chi connectivity index (χ2n) is 6.75. The highest BCUT2D eigenvalue weighted by atomic mass is 32.2. The average molecular weight is 274 g/mol. The van der Waals surface area contributed by atoms with Crippen LogP contribution in [0.5, 0.6) is 0 Å². The summed E-state index contributed by atoms with van der Waals surface area (Å²) < 4.78 is 0. The van der Waals surface area contributed by atoms with Crippen molar-refractivity contribution in [3.63, 3.8) is 0 Å². The first-order chi connectivity index (χ1) is 9.29. The zero-order valence-electron chi connectivity index (χ0n) is 11.3. The molecule has 0 radical (unpaired) electrons. The van der Waals surface area contributed by atoms with E-state index < -0.39 is 0 Å². The van der Waals surface area contributed by atoms with Crippen molar-refractivity contribution in [3.8, 4) is 0 Å². The van der Waals surface area contributed by atoms with Crippen molar-refractivity contribution in [2.75, 3.05) is 5.73 Å². The van der Waals surface area contributed by atoms with E-state index >= 15 is 0 Å². The molecule has 0 atom stereocenters. The minimum Gasteiger partial charge on any atom is -0.383 e. The van der Waals surface area contributed by atoms with Crippen molar-refractivity contribution in [3.05, 3.63) is 23.9 Å². The van der Waals surface area contributed by atoms with Gasteiger partial charge in [-0.15, -0.1) is 0 Å². The average Bonchev–Trinajstić information content (AvgIpc) is 2.39. The number of nitrogen functional groups attached to an aromatic ring is 1. The lowest BCUT2D eigenvalue weighted by molar-refractivity contribution is 0.0267. The second kappa shape index (κ2) is 4.69. The monoisotopic (exact) mass is 274 g/mol. The largest absolute Gasteiger partial charge is 0.383 e. The summed E-state index contributed by atoms with van der Waals surface area (Å²) in [4.78, 5) is 4.20. The summed E-state index contributed by atoms with van der Waals surface area (Å²) in [7, 11) is 0. The van der Waals surface area contributed by atoms with Crippen molar-refractivity contribution in [1.82, 2.24) is 4.98 Å². The molecule has 5 rings (SSSR count). The summed E-state index contributed by atoms with van der Waals surface area (Å²) in [6, 6.07) is 4.13. The zero-order valence-corrected chi connectivity index (χ0v) is 12.1. The Hall–Kier alpha value is -0.700. The van der Waals surface area contributed by atoms with Crippen molar-refractivity contribution in [1.29, 1.82) is 0 Å². The molecule has 0 aliphatic heterocycles. The van der Waals surface area contributed by atoms with Gasteiger partial charge in [-0.1, -0.05) is 6.07 Å². The summed E-state index contributed by atoms with van der Waals surface area (Å²) in [5.41, 5.74) is 7.18. The van der Waals surface area contributed by atoms with Crippen molar-refractivity contribution in [2.45, 2.75) is 43.1 Å². The van der Waals surface area contributed by atoms with Crippen LogP contribution in [0.3, 0.4) is 0 Å². The van der Waals surface area contributed by atoms with Crippen LogP contribution in [0.25, 0.3) is 0 Å². The lowest BCUT2D eigenvalue weighted by Gasteiger charge is -2.54. The van der Waals surface area contributed by atoms with Crippen molar-refractivity contribution in [2.24, 2.45) is 23.7 Å². The Balaban J connectivity index is 1.45. The molecule has 0 amide bonds. The molecule has 2 nitrogen and oxygen atoms in total. The fraction of sp³-hybridized carbons (Fsp3) is 0.688. The molecular formula is C16H22N2S. The quantitative estimate of drug-likeness (QED) is 0.913. The number of aromatic nitrogens is 1. The molecule has 0 unspecified atom stereocenters. The number of pyridine rings is 1.